The average Bonchev–Trinajstić information content (AvgIpc) is 3.30. The molecule has 0 unspecified atom stereocenters. The van der Waals surface area contributed by atoms with Crippen LogP contribution in [0.5, 0.6) is 0 Å². The molecule has 0 aromatic carbocycles. The van der Waals surface area contributed by atoms with Gasteiger partial charge in [0.2, 0.25) is 5.91 Å². The first-order chi connectivity index (χ1) is 14.0. The van der Waals surface area contributed by atoms with E-state index in [2.05, 4.69) is 22.4 Å². The van der Waals surface area contributed by atoms with Crippen LogP contribution in [0.3, 0.4) is 0 Å². The van der Waals surface area contributed by atoms with Gasteiger partial charge in [-0.15, -0.1) is 0 Å². The predicted molar refractivity (Wildman–Crippen MR) is 109 cm³/mol. The van der Waals surface area contributed by atoms with Gasteiger partial charge in [-0.2, -0.15) is 5.10 Å². The second kappa shape index (κ2) is 8.51. The summed E-state index contributed by atoms with van der Waals surface area (Å²) >= 11 is 0. The zero-order valence-corrected chi connectivity index (χ0v) is 17.1. The van der Waals surface area contributed by atoms with E-state index in [1.54, 1.807) is 10.7 Å². The van der Waals surface area contributed by atoms with Crippen LogP contribution in [0.4, 0.5) is 0 Å². The molecule has 2 atom stereocenters. The van der Waals surface area contributed by atoms with Crippen molar-refractivity contribution in [3.63, 3.8) is 0 Å². The van der Waals surface area contributed by atoms with Crippen molar-refractivity contribution in [2.45, 2.75) is 38.3 Å². The van der Waals surface area contributed by atoms with Gasteiger partial charge in [0.15, 0.2) is 0 Å². The summed E-state index contributed by atoms with van der Waals surface area (Å²) in [4.78, 5) is 29.4. The zero-order chi connectivity index (χ0) is 20.4. The van der Waals surface area contributed by atoms with E-state index in [0.717, 1.165) is 23.9 Å². The topological polar surface area (TPSA) is 79.2 Å². The van der Waals surface area contributed by atoms with Crippen LogP contribution < -0.4 is 5.32 Å². The fourth-order valence-electron chi connectivity index (χ4n) is 4.29. The first kappa shape index (κ1) is 19.8. The number of likely N-dealkylation sites (N-methyl/N-ethyl adjacent to an activating group) is 1. The Morgan fingerprint density at radius 2 is 1.97 bits per heavy atom. The molecule has 0 saturated carbocycles. The van der Waals surface area contributed by atoms with E-state index < -0.39 is 0 Å². The summed E-state index contributed by atoms with van der Waals surface area (Å²) in [5.41, 5.74) is 2.49. The lowest BCUT2D eigenvalue weighted by molar-refractivity contribution is -0.136. The standard InChI is InChI=1S/C21H29N5O3/c1-15-3-6-19-18(13-23-26(19)14-15)21(28)22-12-17-5-4-16(24(17)2)11-20(27)25-7-9-29-10-8-25/h3,6,13-14,16-17H,4-5,7-12H2,1-2H3,(H,22,28)/t16-,17+/m1/s1. The second-order valence-corrected chi connectivity index (χ2v) is 8.05. The highest BCUT2D eigenvalue weighted by Gasteiger charge is 2.33. The molecule has 2 saturated heterocycles. The largest absolute Gasteiger partial charge is 0.378 e. The number of aromatic nitrogens is 2. The van der Waals surface area contributed by atoms with Crippen LogP contribution in [-0.4, -0.2) is 83.2 Å². The number of carbonyl (C=O) groups excluding carboxylic acids is 2. The number of ether oxygens (including phenoxy) is 1. The maximum Gasteiger partial charge on any atom is 0.255 e. The van der Waals surface area contributed by atoms with Crippen LogP contribution in [0, 0.1) is 6.92 Å². The number of carbonyl (C=O) groups is 2. The van der Waals surface area contributed by atoms with Crippen LogP contribution in [0.1, 0.15) is 35.2 Å². The van der Waals surface area contributed by atoms with Gasteiger partial charge >= 0.3 is 0 Å². The van der Waals surface area contributed by atoms with Gasteiger partial charge in [0.1, 0.15) is 0 Å². The number of amides is 2. The summed E-state index contributed by atoms with van der Waals surface area (Å²) < 4.78 is 7.06. The van der Waals surface area contributed by atoms with Gasteiger partial charge in [0.25, 0.3) is 5.91 Å². The Morgan fingerprint density at radius 3 is 2.76 bits per heavy atom. The van der Waals surface area contributed by atoms with Gasteiger partial charge in [-0.1, -0.05) is 6.07 Å². The van der Waals surface area contributed by atoms with Crippen molar-refractivity contribution >= 4 is 17.3 Å². The number of nitrogens with one attached hydrogen (secondary N) is 1. The van der Waals surface area contributed by atoms with Crippen molar-refractivity contribution in [2.75, 3.05) is 39.9 Å². The maximum absolute atomic E-state index is 12.7. The smallest absolute Gasteiger partial charge is 0.255 e. The lowest BCUT2D eigenvalue weighted by atomic mass is 10.1. The van der Waals surface area contributed by atoms with E-state index in [0.29, 0.717) is 44.8 Å². The third-order valence-corrected chi connectivity index (χ3v) is 6.17. The Balaban J connectivity index is 1.30. The molecule has 2 aliphatic rings. The van der Waals surface area contributed by atoms with Crippen molar-refractivity contribution in [1.29, 1.82) is 0 Å². The van der Waals surface area contributed by atoms with E-state index in [1.807, 2.05) is 30.2 Å². The van der Waals surface area contributed by atoms with E-state index in [9.17, 15) is 9.59 Å². The van der Waals surface area contributed by atoms with Gasteiger partial charge in [-0.3, -0.25) is 14.5 Å². The molecule has 156 valence electrons. The molecule has 8 nitrogen and oxygen atoms in total. The van der Waals surface area contributed by atoms with Crippen molar-refractivity contribution in [2.24, 2.45) is 0 Å². The lowest BCUT2D eigenvalue weighted by Gasteiger charge is -2.30. The predicted octanol–water partition coefficient (Wildman–Crippen LogP) is 1.08. The van der Waals surface area contributed by atoms with Crippen molar-refractivity contribution in [3.8, 4) is 0 Å². The molecule has 2 amide bonds. The maximum atomic E-state index is 12.7. The molecule has 2 aliphatic heterocycles. The van der Waals surface area contributed by atoms with E-state index >= 15 is 0 Å². The third-order valence-electron chi connectivity index (χ3n) is 6.17. The molecule has 2 fully saturated rings. The molecule has 4 rings (SSSR count). The minimum Gasteiger partial charge on any atom is -0.378 e. The molecule has 0 bridgehead atoms. The highest BCUT2D eigenvalue weighted by molar-refractivity contribution is 6.00. The fourth-order valence-corrected chi connectivity index (χ4v) is 4.29. The number of morpholine rings is 1. The van der Waals surface area contributed by atoms with Crippen LogP contribution in [-0.2, 0) is 9.53 Å². The normalized spacial score (nSPS) is 22.9. The summed E-state index contributed by atoms with van der Waals surface area (Å²) in [7, 11) is 2.05. The van der Waals surface area contributed by atoms with Crippen LogP contribution in [0.15, 0.2) is 24.5 Å². The van der Waals surface area contributed by atoms with Gasteiger partial charge in [-0.05, 0) is 38.4 Å². The summed E-state index contributed by atoms with van der Waals surface area (Å²) in [6.45, 7) is 5.20. The molecule has 4 heterocycles. The van der Waals surface area contributed by atoms with Crippen LogP contribution in [0.2, 0.25) is 0 Å². The number of hydrogen-bond donors (Lipinski definition) is 1. The summed E-state index contributed by atoms with van der Waals surface area (Å²) in [5.74, 6) is 0.0987. The number of fused-ring (bicyclic) bond motifs is 1. The zero-order valence-electron chi connectivity index (χ0n) is 17.1. The fraction of sp³-hybridized carbons (Fsp3) is 0.571. The first-order valence-corrected chi connectivity index (χ1v) is 10.3. The van der Waals surface area contributed by atoms with Crippen LogP contribution >= 0.6 is 0 Å². The number of rotatable bonds is 5. The minimum absolute atomic E-state index is 0.106. The number of pyridine rings is 1. The number of hydrogen-bond acceptors (Lipinski definition) is 5. The SMILES string of the molecule is Cc1ccc2c(C(=O)NC[C@@H]3CC[C@H](CC(=O)N4CCOCC4)N3C)cnn2c1. The summed E-state index contributed by atoms with van der Waals surface area (Å²) in [6.07, 6.45) is 6.02. The highest BCUT2D eigenvalue weighted by atomic mass is 16.5. The van der Waals surface area contributed by atoms with Gasteiger partial charge < -0.3 is 15.0 Å². The van der Waals surface area contributed by atoms with E-state index in [-0.39, 0.29) is 23.9 Å². The lowest BCUT2D eigenvalue weighted by Crippen LogP contribution is -2.45. The molecule has 2 aromatic heterocycles. The molecule has 0 aliphatic carbocycles. The minimum atomic E-state index is -0.106. The molecule has 1 N–H and O–H groups in total. The number of aryl methyl sites for hydroxylation is 1. The molecular formula is C21H29N5O3. The van der Waals surface area contributed by atoms with Crippen molar-refractivity contribution in [3.05, 3.63) is 35.7 Å². The van der Waals surface area contributed by atoms with E-state index in [4.69, 9.17) is 4.74 Å². The average molecular weight is 399 g/mol. The molecule has 29 heavy (non-hydrogen) atoms. The van der Waals surface area contributed by atoms with Gasteiger partial charge in [0.05, 0.1) is 30.5 Å². The molecule has 0 spiro atoms. The number of nitrogens with zero attached hydrogens (tertiary/aromatic N) is 4. The highest BCUT2D eigenvalue weighted by Crippen LogP contribution is 2.25. The molecular weight excluding hydrogens is 370 g/mol. The van der Waals surface area contributed by atoms with Crippen LogP contribution in [0.25, 0.3) is 5.52 Å². The van der Waals surface area contributed by atoms with Gasteiger partial charge in [-0.25, -0.2) is 4.52 Å². The molecule has 0 radical (unpaired) electrons. The molecule has 2 aromatic rings. The summed E-state index contributed by atoms with van der Waals surface area (Å²) in [5, 5.41) is 7.33. The number of likely N-dealkylation sites (tertiary alicyclic amines) is 1. The Hall–Kier alpha value is -2.45. The first-order valence-electron chi connectivity index (χ1n) is 10.3. The van der Waals surface area contributed by atoms with Crippen molar-refractivity contribution in [1.82, 2.24) is 24.7 Å². The third kappa shape index (κ3) is 4.28. The second-order valence-electron chi connectivity index (χ2n) is 8.05. The summed E-state index contributed by atoms with van der Waals surface area (Å²) in [6, 6.07) is 4.37. The Bertz CT molecular complexity index is 890. The monoisotopic (exact) mass is 399 g/mol. The Labute approximate surface area is 170 Å². The van der Waals surface area contributed by atoms with E-state index in [1.165, 1.54) is 0 Å². The van der Waals surface area contributed by atoms with Crippen molar-refractivity contribution < 1.29 is 14.3 Å². The Morgan fingerprint density at radius 1 is 1.21 bits per heavy atom. The quantitative estimate of drug-likeness (QED) is 0.814. The van der Waals surface area contributed by atoms with Gasteiger partial charge in [0, 0.05) is 44.3 Å². The molecule has 8 heteroatoms. The Kier molecular flexibility index (Phi) is 5.82.